The van der Waals surface area contributed by atoms with Gasteiger partial charge >= 0.3 is 6.09 Å². The van der Waals surface area contributed by atoms with Crippen LogP contribution in [0, 0.1) is 0 Å². The van der Waals surface area contributed by atoms with E-state index in [1.165, 1.54) is 0 Å². The fourth-order valence-corrected chi connectivity index (χ4v) is 5.03. The van der Waals surface area contributed by atoms with E-state index in [0.717, 1.165) is 58.2 Å². The van der Waals surface area contributed by atoms with Gasteiger partial charge in [0.05, 0.1) is 12.6 Å². The molecule has 0 unspecified atom stereocenters. The maximum Gasteiger partial charge on any atom is 0.410 e. The normalized spacial score (nSPS) is 30.9. The average molecular weight is 350 g/mol. The second kappa shape index (κ2) is 6.76. The summed E-state index contributed by atoms with van der Waals surface area (Å²) < 4.78 is 5.60. The highest BCUT2D eigenvalue weighted by Gasteiger charge is 2.47. The van der Waals surface area contributed by atoms with E-state index in [1.54, 1.807) is 11.9 Å². The van der Waals surface area contributed by atoms with Crippen molar-refractivity contribution in [1.29, 1.82) is 0 Å². The first-order valence-electron chi connectivity index (χ1n) is 9.77. The molecule has 4 aliphatic rings. The number of likely N-dealkylation sites (N-methyl/N-ethyl adjacent to an activating group) is 1. The van der Waals surface area contributed by atoms with Crippen molar-refractivity contribution in [3.8, 4) is 0 Å². The summed E-state index contributed by atoms with van der Waals surface area (Å²) in [5, 5.41) is 3.41. The third kappa shape index (κ3) is 3.24. The predicted octanol–water partition coefficient (Wildman–Crippen LogP) is 0.646. The lowest BCUT2D eigenvalue weighted by atomic mass is 9.91. The third-order valence-corrected chi connectivity index (χ3v) is 6.48. The van der Waals surface area contributed by atoms with Gasteiger partial charge in [0.15, 0.2) is 0 Å². The van der Waals surface area contributed by atoms with Crippen LogP contribution in [0.2, 0.25) is 0 Å². The Balaban J connectivity index is 1.36. The largest absolute Gasteiger partial charge is 0.441 e. The zero-order valence-corrected chi connectivity index (χ0v) is 15.2. The minimum absolute atomic E-state index is 0.0611. The number of nitrogens with one attached hydrogen (secondary N) is 1. The van der Waals surface area contributed by atoms with Gasteiger partial charge in [-0.3, -0.25) is 9.69 Å². The maximum atomic E-state index is 13.1. The van der Waals surface area contributed by atoms with Crippen LogP contribution in [-0.4, -0.2) is 90.7 Å². The average Bonchev–Trinajstić information content (AvgIpc) is 3.21. The molecule has 4 aliphatic heterocycles. The summed E-state index contributed by atoms with van der Waals surface area (Å²) in [7, 11) is 1.78. The van der Waals surface area contributed by atoms with Gasteiger partial charge in [-0.25, -0.2) is 4.79 Å². The monoisotopic (exact) mass is 350 g/mol. The molecule has 4 saturated heterocycles. The lowest BCUT2D eigenvalue weighted by Crippen LogP contribution is -2.55. The molecule has 25 heavy (non-hydrogen) atoms. The standard InChI is InChI=1S/C18H30N4O3/c1-20-13-18(25-17(20)24)6-11-21(12-7-18)16(23)15-3-2-10-22(15)14-4-8-19-9-5-14/h14-15,19H,2-13H2,1H3/t15-/m1/s1. The SMILES string of the molecule is CN1CC2(CCN(C(=O)[C@H]3CCCN3C3CCNCC3)CC2)OC1=O. The number of piperidine rings is 2. The summed E-state index contributed by atoms with van der Waals surface area (Å²) in [4.78, 5) is 31.0. The van der Waals surface area contributed by atoms with E-state index in [0.29, 0.717) is 31.6 Å². The number of hydrogen-bond acceptors (Lipinski definition) is 5. The zero-order chi connectivity index (χ0) is 17.4. The fourth-order valence-electron chi connectivity index (χ4n) is 5.03. The summed E-state index contributed by atoms with van der Waals surface area (Å²) in [5.41, 5.74) is -0.368. The van der Waals surface area contributed by atoms with E-state index in [1.807, 2.05) is 4.90 Å². The molecular weight excluding hydrogens is 320 g/mol. The second-order valence-electron chi connectivity index (χ2n) is 8.11. The molecule has 1 N–H and O–H groups in total. The Morgan fingerprint density at radius 1 is 1.16 bits per heavy atom. The highest BCUT2D eigenvalue weighted by molar-refractivity contribution is 5.82. The number of rotatable bonds is 2. The molecule has 0 aromatic rings. The highest BCUT2D eigenvalue weighted by Crippen LogP contribution is 2.34. The molecule has 0 saturated carbocycles. The number of carbonyl (C=O) groups excluding carboxylic acids is 2. The van der Waals surface area contributed by atoms with E-state index in [2.05, 4.69) is 10.2 Å². The molecule has 1 atom stereocenters. The number of nitrogens with zero attached hydrogens (tertiary/aromatic N) is 3. The van der Waals surface area contributed by atoms with Crippen molar-refractivity contribution in [2.24, 2.45) is 0 Å². The van der Waals surface area contributed by atoms with Crippen LogP contribution in [0.25, 0.3) is 0 Å². The number of amides is 2. The predicted molar refractivity (Wildman–Crippen MR) is 93.3 cm³/mol. The van der Waals surface area contributed by atoms with Crippen LogP contribution in [-0.2, 0) is 9.53 Å². The summed E-state index contributed by atoms with van der Waals surface area (Å²) in [6, 6.07) is 0.615. The van der Waals surface area contributed by atoms with E-state index >= 15 is 0 Å². The molecule has 0 bridgehead atoms. The molecule has 4 fully saturated rings. The smallest absolute Gasteiger partial charge is 0.410 e. The van der Waals surface area contributed by atoms with Crippen molar-refractivity contribution in [1.82, 2.24) is 20.0 Å². The van der Waals surface area contributed by atoms with Gasteiger partial charge in [0, 0.05) is 39.0 Å². The first-order chi connectivity index (χ1) is 12.1. The number of carbonyl (C=O) groups is 2. The second-order valence-corrected chi connectivity index (χ2v) is 8.11. The van der Waals surface area contributed by atoms with Gasteiger partial charge in [-0.1, -0.05) is 0 Å². The number of ether oxygens (including phenoxy) is 1. The van der Waals surface area contributed by atoms with E-state index in [4.69, 9.17) is 4.74 Å². The molecule has 0 radical (unpaired) electrons. The van der Waals surface area contributed by atoms with Crippen LogP contribution >= 0.6 is 0 Å². The molecule has 7 nitrogen and oxygen atoms in total. The molecular formula is C18H30N4O3. The van der Waals surface area contributed by atoms with Crippen molar-refractivity contribution in [2.75, 3.05) is 46.3 Å². The number of hydrogen-bond donors (Lipinski definition) is 1. The maximum absolute atomic E-state index is 13.1. The molecule has 7 heteroatoms. The van der Waals surface area contributed by atoms with Crippen molar-refractivity contribution in [2.45, 2.75) is 56.2 Å². The minimum Gasteiger partial charge on any atom is -0.441 e. The van der Waals surface area contributed by atoms with Crippen LogP contribution in [0.5, 0.6) is 0 Å². The molecule has 0 aromatic carbocycles. The fraction of sp³-hybridized carbons (Fsp3) is 0.889. The molecule has 1 spiro atoms. The molecule has 4 heterocycles. The van der Waals surface area contributed by atoms with Crippen LogP contribution < -0.4 is 5.32 Å². The van der Waals surface area contributed by atoms with Crippen LogP contribution in [0.1, 0.15) is 38.5 Å². The Bertz CT molecular complexity index is 526. The molecule has 0 aliphatic carbocycles. The van der Waals surface area contributed by atoms with E-state index < -0.39 is 0 Å². The Hall–Kier alpha value is -1.34. The molecule has 2 amide bonds. The zero-order valence-electron chi connectivity index (χ0n) is 15.2. The van der Waals surface area contributed by atoms with Gasteiger partial charge in [0.2, 0.25) is 5.91 Å². The Labute approximate surface area is 149 Å². The van der Waals surface area contributed by atoms with Gasteiger partial charge < -0.3 is 19.9 Å². The lowest BCUT2D eigenvalue weighted by Gasteiger charge is -2.41. The molecule has 4 rings (SSSR count). The first-order valence-corrected chi connectivity index (χ1v) is 9.77. The topological polar surface area (TPSA) is 65.1 Å². The Kier molecular flexibility index (Phi) is 4.62. The van der Waals surface area contributed by atoms with Gasteiger partial charge in [-0.05, 0) is 45.3 Å². The Morgan fingerprint density at radius 2 is 1.88 bits per heavy atom. The van der Waals surface area contributed by atoms with Gasteiger partial charge in [0.1, 0.15) is 5.60 Å². The highest BCUT2D eigenvalue weighted by atomic mass is 16.6. The molecule has 140 valence electrons. The van der Waals surface area contributed by atoms with Gasteiger partial charge in [0.25, 0.3) is 0 Å². The van der Waals surface area contributed by atoms with E-state index in [-0.39, 0.29) is 17.7 Å². The van der Waals surface area contributed by atoms with Crippen LogP contribution in [0.3, 0.4) is 0 Å². The summed E-state index contributed by atoms with van der Waals surface area (Å²) >= 11 is 0. The van der Waals surface area contributed by atoms with Gasteiger partial charge in [-0.15, -0.1) is 0 Å². The van der Waals surface area contributed by atoms with E-state index in [9.17, 15) is 9.59 Å². The van der Waals surface area contributed by atoms with Crippen molar-refractivity contribution in [3.05, 3.63) is 0 Å². The molecule has 0 aromatic heterocycles. The minimum atomic E-state index is -0.368. The quantitative estimate of drug-likeness (QED) is 0.792. The van der Waals surface area contributed by atoms with Crippen molar-refractivity contribution in [3.63, 3.8) is 0 Å². The summed E-state index contributed by atoms with van der Waals surface area (Å²) in [5.74, 6) is 0.295. The van der Waals surface area contributed by atoms with Crippen molar-refractivity contribution < 1.29 is 14.3 Å². The lowest BCUT2D eigenvalue weighted by molar-refractivity contribution is -0.140. The first kappa shape index (κ1) is 17.1. The Morgan fingerprint density at radius 3 is 2.52 bits per heavy atom. The number of likely N-dealkylation sites (tertiary alicyclic amines) is 2. The van der Waals surface area contributed by atoms with Gasteiger partial charge in [-0.2, -0.15) is 0 Å². The van der Waals surface area contributed by atoms with Crippen molar-refractivity contribution >= 4 is 12.0 Å². The third-order valence-electron chi connectivity index (χ3n) is 6.48. The summed E-state index contributed by atoms with van der Waals surface area (Å²) in [6.45, 7) is 5.24. The summed E-state index contributed by atoms with van der Waals surface area (Å²) in [6.07, 6.45) is 5.70. The van der Waals surface area contributed by atoms with Crippen LogP contribution in [0.15, 0.2) is 0 Å². The van der Waals surface area contributed by atoms with Crippen LogP contribution in [0.4, 0.5) is 4.79 Å².